The predicted octanol–water partition coefficient (Wildman–Crippen LogP) is 3.15. The maximum Gasteiger partial charge on any atom is 0.244 e. The number of hydrogen-bond acceptors (Lipinski definition) is 3. The molecule has 0 aromatic heterocycles. The quantitative estimate of drug-likeness (QED) is 0.649. The van der Waals surface area contributed by atoms with Crippen molar-refractivity contribution in [3.63, 3.8) is 0 Å². The van der Waals surface area contributed by atoms with E-state index in [-0.39, 0.29) is 0 Å². The largest absolute Gasteiger partial charge is 0.301 e. The standard InChI is InChI=1S/C13H17Br2ClN2O2S/c14-11-2-3-12(15)13(10-11)21(19,20)18-6-1-5-17(7-4-16)8-9-18/h2-3,10H,1,4-9H2. The summed E-state index contributed by atoms with van der Waals surface area (Å²) in [5.74, 6) is 0.573. The highest BCUT2D eigenvalue weighted by Crippen LogP contribution is 2.28. The predicted molar refractivity (Wildman–Crippen MR) is 92.4 cm³/mol. The summed E-state index contributed by atoms with van der Waals surface area (Å²) in [5, 5.41) is 0. The van der Waals surface area contributed by atoms with Crippen LogP contribution in [0.5, 0.6) is 0 Å². The smallest absolute Gasteiger partial charge is 0.244 e. The summed E-state index contributed by atoms with van der Waals surface area (Å²) in [6.07, 6.45) is 0.821. The SMILES string of the molecule is O=S(=O)(c1cc(Br)ccc1Br)N1CCCN(CCCl)CC1. The maximum absolute atomic E-state index is 12.8. The van der Waals surface area contributed by atoms with E-state index in [1.165, 1.54) is 0 Å². The van der Waals surface area contributed by atoms with Crippen molar-refractivity contribution in [1.82, 2.24) is 9.21 Å². The average Bonchev–Trinajstić information content (AvgIpc) is 2.68. The van der Waals surface area contributed by atoms with E-state index in [0.29, 0.717) is 28.3 Å². The van der Waals surface area contributed by atoms with Crippen LogP contribution >= 0.6 is 43.5 Å². The number of rotatable bonds is 4. The molecule has 0 spiro atoms. The van der Waals surface area contributed by atoms with Gasteiger partial charge < -0.3 is 4.90 Å². The van der Waals surface area contributed by atoms with Gasteiger partial charge >= 0.3 is 0 Å². The van der Waals surface area contributed by atoms with E-state index < -0.39 is 10.0 Å². The Kier molecular flexibility index (Phi) is 6.52. The first-order valence-corrected chi connectivity index (χ1v) is 10.2. The minimum atomic E-state index is -3.48. The van der Waals surface area contributed by atoms with E-state index in [1.54, 1.807) is 16.4 Å². The molecule has 1 fully saturated rings. The topological polar surface area (TPSA) is 40.6 Å². The number of alkyl halides is 1. The van der Waals surface area contributed by atoms with Gasteiger partial charge in [0.1, 0.15) is 0 Å². The van der Waals surface area contributed by atoms with E-state index in [4.69, 9.17) is 11.6 Å². The second-order valence-corrected chi connectivity index (χ2v) is 8.92. The molecule has 0 unspecified atom stereocenters. The van der Waals surface area contributed by atoms with Crippen LogP contribution in [0, 0.1) is 0 Å². The van der Waals surface area contributed by atoms with Crippen LogP contribution < -0.4 is 0 Å². The van der Waals surface area contributed by atoms with Gasteiger partial charge in [0, 0.05) is 41.0 Å². The van der Waals surface area contributed by atoms with Gasteiger partial charge in [0.05, 0.1) is 4.90 Å². The normalized spacial score (nSPS) is 18.6. The van der Waals surface area contributed by atoms with Crippen LogP contribution in [0.1, 0.15) is 6.42 Å². The lowest BCUT2D eigenvalue weighted by atomic mass is 10.4. The number of sulfonamides is 1. The highest BCUT2D eigenvalue weighted by atomic mass is 79.9. The van der Waals surface area contributed by atoms with Crippen molar-refractivity contribution in [2.45, 2.75) is 11.3 Å². The van der Waals surface area contributed by atoms with E-state index in [2.05, 4.69) is 36.8 Å². The minimum absolute atomic E-state index is 0.308. The molecule has 21 heavy (non-hydrogen) atoms. The average molecular weight is 461 g/mol. The molecule has 0 aliphatic carbocycles. The van der Waals surface area contributed by atoms with Crippen LogP contribution in [-0.2, 0) is 10.0 Å². The first kappa shape index (κ1) is 17.7. The molecule has 1 aromatic carbocycles. The Morgan fingerprint density at radius 1 is 1.14 bits per heavy atom. The first-order chi connectivity index (χ1) is 9.95. The summed E-state index contributed by atoms with van der Waals surface area (Å²) in [7, 11) is -3.48. The van der Waals surface area contributed by atoms with Crippen molar-refractivity contribution >= 4 is 53.5 Å². The lowest BCUT2D eigenvalue weighted by Crippen LogP contribution is -2.35. The van der Waals surface area contributed by atoms with Crippen LogP contribution in [0.25, 0.3) is 0 Å². The molecule has 118 valence electrons. The molecule has 0 atom stereocenters. The number of benzene rings is 1. The van der Waals surface area contributed by atoms with Gasteiger partial charge in [-0.25, -0.2) is 8.42 Å². The molecule has 0 saturated carbocycles. The molecule has 0 radical (unpaired) electrons. The van der Waals surface area contributed by atoms with Gasteiger partial charge in [-0.15, -0.1) is 11.6 Å². The molecule has 0 amide bonds. The van der Waals surface area contributed by atoms with Crippen LogP contribution in [0.15, 0.2) is 32.0 Å². The molecule has 1 saturated heterocycles. The van der Waals surface area contributed by atoms with E-state index in [9.17, 15) is 8.42 Å². The second-order valence-electron chi connectivity index (χ2n) is 4.86. The lowest BCUT2D eigenvalue weighted by molar-refractivity contribution is 0.303. The van der Waals surface area contributed by atoms with Crippen molar-refractivity contribution in [2.75, 3.05) is 38.6 Å². The van der Waals surface area contributed by atoms with Gasteiger partial charge in [-0.2, -0.15) is 4.31 Å². The molecule has 1 aliphatic heterocycles. The molecule has 4 nitrogen and oxygen atoms in total. The molecule has 1 heterocycles. The van der Waals surface area contributed by atoms with Crippen molar-refractivity contribution in [2.24, 2.45) is 0 Å². The molecule has 2 rings (SSSR count). The number of nitrogens with zero attached hydrogens (tertiary/aromatic N) is 2. The Morgan fingerprint density at radius 2 is 1.90 bits per heavy atom. The van der Waals surface area contributed by atoms with Crippen molar-refractivity contribution in [1.29, 1.82) is 0 Å². The van der Waals surface area contributed by atoms with E-state index in [0.717, 1.165) is 30.5 Å². The molecule has 8 heteroatoms. The summed E-state index contributed by atoms with van der Waals surface area (Å²) in [6.45, 7) is 3.45. The minimum Gasteiger partial charge on any atom is -0.301 e. The maximum atomic E-state index is 12.8. The fourth-order valence-corrected chi connectivity index (χ4v) is 5.52. The van der Waals surface area contributed by atoms with Gasteiger partial charge in [0.25, 0.3) is 0 Å². The third kappa shape index (κ3) is 4.42. The van der Waals surface area contributed by atoms with Gasteiger partial charge in [-0.3, -0.25) is 0 Å². The van der Waals surface area contributed by atoms with E-state index in [1.807, 2.05) is 6.07 Å². The summed E-state index contributed by atoms with van der Waals surface area (Å²) < 4.78 is 28.5. The molecule has 1 aromatic rings. The highest BCUT2D eigenvalue weighted by Gasteiger charge is 2.28. The number of halogens is 3. The summed E-state index contributed by atoms with van der Waals surface area (Å²) in [5.41, 5.74) is 0. The third-order valence-corrected chi connectivity index (χ3v) is 7.01. The Labute approximate surface area is 147 Å². The summed E-state index contributed by atoms with van der Waals surface area (Å²) >= 11 is 12.4. The zero-order valence-corrected chi connectivity index (χ0v) is 16.2. The first-order valence-electron chi connectivity index (χ1n) is 6.68. The highest BCUT2D eigenvalue weighted by molar-refractivity contribution is 9.11. The zero-order valence-electron chi connectivity index (χ0n) is 11.4. The summed E-state index contributed by atoms with van der Waals surface area (Å²) in [4.78, 5) is 2.51. The zero-order chi connectivity index (χ0) is 15.5. The Balaban J connectivity index is 2.21. The Morgan fingerprint density at radius 3 is 2.62 bits per heavy atom. The Hall–Kier alpha value is 0.340. The van der Waals surface area contributed by atoms with Crippen LogP contribution in [0.2, 0.25) is 0 Å². The van der Waals surface area contributed by atoms with Gasteiger partial charge in [0.2, 0.25) is 10.0 Å². The van der Waals surface area contributed by atoms with Crippen molar-refractivity contribution in [3.8, 4) is 0 Å². The monoisotopic (exact) mass is 458 g/mol. The third-order valence-electron chi connectivity index (χ3n) is 3.46. The van der Waals surface area contributed by atoms with Crippen LogP contribution in [0.3, 0.4) is 0 Å². The van der Waals surface area contributed by atoms with Crippen molar-refractivity contribution in [3.05, 3.63) is 27.1 Å². The van der Waals surface area contributed by atoms with E-state index >= 15 is 0 Å². The lowest BCUT2D eigenvalue weighted by Gasteiger charge is -2.21. The molecular formula is C13H17Br2ClN2O2S. The van der Waals surface area contributed by atoms with Gasteiger partial charge in [-0.05, 0) is 47.1 Å². The summed E-state index contributed by atoms with van der Waals surface area (Å²) in [6, 6.07) is 5.20. The molecular weight excluding hydrogens is 443 g/mol. The molecule has 0 bridgehead atoms. The fraction of sp³-hybridized carbons (Fsp3) is 0.538. The van der Waals surface area contributed by atoms with Gasteiger partial charge in [0.15, 0.2) is 0 Å². The van der Waals surface area contributed by atoms with Crippen LogP contribution in [-0.4, -0.2) is 56.2 Å². The van der Waals surface area contributed by atoms with Gasteiger partial charge in [-0.1, -0.05) is 15.9 Å². The molecule has 0 N–H and O–H groups in total. The number of hydrogen-bond donors (Lipinski definition) is 0. The fourth-order valence-electron chi connectivity index (χ4n) is 2.34. The Bertz CT molecular complexity index is 598. The molecule has 1 aliphatic rings. The van der Waals surface area contributed by atoms with Crippen LogP contribution in [0.4, 0.5) is 0 Å². The second kappa shape index (κ2) is 7.75. The van der Waals surface area contributed by atoms with Crippen molar-refractivity contribution < 1.29 is 8.42 Å².